The summed E-state index contributed by atoms with van der Waals surface area (Å²) in [6.07, 6.45) is -2.88. The third-order valence-electron chi connectivity index (χ3n) is 10.1. The van der Waals surface area contributed by atoms with Gasteiger partial charge in [-0.25, -0.2) is 14.4 Å². The number of halogens is 7. The van der Waals surface area contributed by atoms with Crippen LogP contribution >= 0.6 is 0 Å². The summed E-state index contributed by atoms with van der Waals surface area (Å²) < 4.78 is 102. The zero-order valence-corrected chi connectivity index (χ0v) is 33.2. The van der Waals surface area contributed by atoms with E-state index >= 15 is 0 Å². The van der Waals surface area contributed by atoms with E-state index in [1.54, 1.807) is 19.1 Å². The highest BCUT2D eigenvalue weighted by Crippen LogP contribution is 2.35. The Balaban J connectivity index is 0.000000141. The first kappa shape index (κ1) is 44.6. The second-order valence-corrected chi connectivity index (χ2v) is 14.7. The Morgan fingerprint density at radius 3 is 1.75 bits per heavy atom. The van der Waals surface area contributed by atoms with Gasteiger partial charge in [0, 0.05) is 18.2 Å². The molecule has 4 unspecified atom stereocenters. The predicted molar refractivity (Wildman–Crippen MR) is 209 cm³/mol. The molecule has 3 aromatic heterocycles. The summed E-state index contributed by atoms with van der Waals surface area (Å²) in [6.45, 7) is 12.7. The lowest BCUT2D eigenvalue weighted by molar-refractivity contribution is -0.138. The van der Waals surface area contributed by atoms with Crippen molar-refractivity contribution in [3.63, 3.8) is 0 Å². The first-order chi connectivity index (χ1) is 27.7. The lowest BCUT2D eigenvalue weighted by atomic mass is 9.82. The number of aliphatic hydroxyl groups is 1. The number of nitrogens with zero attached hydrogens (tertiary/aromatic N) is 3. The molecule has 0 amide bonds. The van der Waals surface area contributed by atoms with Crippen LogP contribution in [0.3, 0.4) is 0 Å². The maximum atomic E-state index is 12.8. The van der Waals surface area contributed by atoms with Gasteiger partial charge in [-0.2, -0.15) is 26.3 Å². The average molecular weight is 828 g/mol. The van der Waals surface area contributed by atoms with Crippen molar-refractivity contribution in [3.05, 3.63) is 131 Å². The second kappa shape index (κ2) is 18.6. The molecular formula is C44H44F7N3O5. The van der Waals surface area contributed by atoms with E-state index in [0.29, 0.717) is 28.1 Å². The number of hydrogen-bond acceptors (Lipinski definition) is 8. The summed E-state index contributed by atoms with van der Waals surface area (Å²) in [5.74, 6) is 0.451. The molecule has 1 N–H and O–H groups in total. The van der Waals surface area contributed by atoms with Gasteiger partial charge in [0.1, 0.15) is 22.9 Å². The third kappa shape index (κ3) is 11.6. The molecule has 6 heterocycles. The molecule has 2 bridgehead atoms. The number of Topliss-reactive ketones (excluding diaryl/α,β-unsaturated/α-hetero) is 1. The number of aromatic nitrogens is 2. The highest BCUT2D eigenvalue weighted by molar-refractivity contribution is 5.94. The Kier molecular flexibility index (Phi) is 14.0. The number of benzene rings is 4. The van der Waals surface area contributed by atoms with Crippen LogP contribution in [-0.2, 0) is 12.4 Å². The van der Waals surface area contributed by atoms with Gasteiger partial charge in [-0.05, 0) is 120 Å². The molecule has 0 spiro atoms. The lowest BCUT2D eigenvalue weighted by Crippen LogP contribution is -2.54. The van der Waals surface area contributed by atoms with E-state index in [9.17, 15) is 40.6 Å². The van der Waals surface area contributed by atoms with E-state index < -0.39 is 23.5 Å². The van der Waals surface area contributed by atoms with Crippen molar-refractivity contribution in [2.24, 2.45) is 5.92 Å². The fourth-order valence-electron chi connectivity index (χ4n) is 6.86. The van der Waals surface area contributed by atoms with E-state index in [0.717, 1.165) is 60.5 Å². The van der Waals surface area contributed by atoms with E-state index in [4.69, 9.17) is 13.3 Å². The number of carbonyl (C=O) groups excluding carboxylic acids is 1. The van der Waals surface area contributed by atoms with Crippen LogP contribution < -0.4 is 0 Å². The summed E-state index contributed by atoms with van der Waals surface area (Å²) in [7, 11) is 0. The average Bonchev–Trinajstić information content (AvgIpc) is 3.91. The fraction of sp³-hybridized carbons (Fsp3) is 0.341. The number of carbonyl (C=O) groups is 1. The fourth-order valence-corrected chi connectivity index (χ4v) is 6.86. The largest absolute Gasteiger partial charge is 0.461 e. The molecule has 0 aliphatic carbocycles. The van der Waals surface area contributed by atoms with Crippen molar-refractivity contribution in [3.8, 4) is 0 Å². The van der Waals surface area contributed by atoms with Crippen LogP contribution in [0, 0.1) is 39.4 Å². The van der Waals surface area contributed by atoms with E-state index in [1.165, 1.54) is 45.4 Å². The molecule has 7 aromatic rings. The molecule has 3 fully saturated rings. The summed E-state index contributed by atoms with van der Waals surface area (Å²) in [4.78, 5) is 20.5. The molecule has 10 rings (SSSR count). The number of fused-ring (bicyclic) bond motifs is 6. The number of alkyl halides is 6. The Bertz CT molecular complexity index is 2400. The van der Waals surface area contributed by atoms with E-state index in [2.05, 4.69) is 21.8 Å². The standard InChI is InChI=1S/2C9H6F3NO.C9H7FO.C9H10O.C8H15NO/c2*1-5-2-8-7(13-4-14-8)3-6(5)9(10,11)12;1-6-2-3-9-7(4-6)8(10)5-11-9;1-7-4-3-5-9(6-7)8(2)10;1-6-4-7-2-3-9(6)5-8(7)10/h2*2-4H,1H3;2-5H,1H3;3-6H,1-2H3;6-8,10H,2-5H2,1H3. The van der Waals surface area contributed by atoms with E-state index in [-0.39, 0.29) is 39.9 Å². The predicted octanol–water partition coefficient (Wildman–Crippen LogP) is 11.8. The Hall–Kier alpha value is -5.54. The van der Waals surface area contributed by atoms with Crippen LogP contribution in [0.25, 0.3) is 33.2 Å². The van der Waals surface area contributed by atoms with Crippen molar-refractivity contribution in [2.45, 2.75) is 78.9 Å². The number of oxazole rings is 2. The summed E-state index contributed by atoms with van der Waals surface area (Å²) in [5, 5.41) is 10.0. The lowest BCUT2D eigenvalue weighted by Gasteiger charge is -2.46. The molecule has 8 nitrogen and oxygen atoms in total. The molecule has 0 saturated carbocycles. The van der Waals surface area contributed by atoms with Gasteiger partial charge in [-0.15, -0.1) is 0 Å². The van der Waals surface area contributed by atoms with Gasteiger partial charge in [0.15, 0.2) is 35.6 Å². The number of aryl methyl sites for hydroxylation is 4. The zero-order chi connectivity index (χ0) is 43.2. The van der Waals surface area contributed by atoms with Crippen molar-refractivity contribution in [2.75, 3.05) is 13.1 Å². The summed E-state index contributed by atoms with van der Waals surface area (Å²) >= 11 is 0. The van der Waals surface area contributed by atoms with Crippen LogP contribution in [0.4, 0.5) is 30.7 Å². The molecule has 314 valence electrons. The van der Waals surface area contributed by atoms with Crippen LogP contribution in [0.1, 0.15) is 70.4 Å². The minimum Gasteiger partial charge on any atom is -0.461 e. The summed E-state index contributed by atoms with van der Waals surface area (Å²) in [5.41, 5.74) is 3.71. The van der Waals surface area contributed by atoms with Gasteiger partial charge in [0.25, 0.3) is 0 Å². The molecule has 4 atom stereocenters. The molecule has 4 aromatic carbocycles. The van der Waals surface area contributed by atoms with Crippen LogP contribution in [0.5, 0.6) is 0 Å². The number of furan rings is 1. The van der Waals surface area contributed by atoms with Crippen molar-refractivity contribution in [1.82, 2.24) is 14.9 Å². The van der Waals surface area contributed by atoms with Gasteiger partial charge in [-0.1, -0.05) is 35.4 Å². The topological polar surface area (TPSA) is 106 Å². The molecule has 0 radical (unpaired) electrons. The third-order valence-corrected chi connectivity index (χ3v) is 10.1. The molecule has 3 aliphatic heterocycles. The minimum absolute atomic E-state index is 0.0232. The van der Waals surface area contributed by atoms with Gasteiger partial charge >= 0.3 is 12.4 Å². The second-order valence-electron chi connectivity index (χ2n) is 14.7. The number of piperidine rings is 3. The highest BCUT2D eigenvalue weighted by atomic mass is 19.4. The molecule has 15 heteroatoms. The van der Waals surface area contributed by atoms with Gasteiger partial charge in [0.05, 0.1) is 22.6 Å². The monoisotopic (exact) mass is 827 g/mol. The maximum Gasteiger partial charge on any atom is 0.416 e. The van der Waals surface area contributed by atoms with Crippen molar-refractivity contribution < 1.29 is 53.9 Å². The maximum absolute atomic E-state index is 12.8. The quantitative estimate of drug-likeness (QED) is 0.129. The minimum atomic E-state index is -4.34. The number of rotatable bonds is 1. The first-order valence-corrected chi connectivity index (χ1v) is 18.7. The SMILES string of the molecule is CC(=O)c1cccc(C)c1.CC1CC2CCN1CC2O.Cc1cc2ocnc2cc1C(F)(F)F.Cc1cc2ocnc2cc1C(F)(F)F.Cc1ccc2occ(F)c2c1. The Morgan fingerprint density at radius 1 is 0.763 bits per heavy atom. The van der Waals surface area contributed by atoms with Gasteiger partial charge in [-0.3, -0.25) is 9.69 Å². The molecular weight excluding hydrogens is 783 g/mol. The zero-order valence-electron chi connectivity index (χ0n) is 33.2. The molecule has 59 heavy (non-hydrogen) atoms. The molecule has 3 saturated heterocycles. The van der Waals surface area contributed by atoms with Gasteiger partial charge < -0.3 is 18.4 Å². The van der Waals surface area contributed by atoms with Crippen LogP contribution in [-0.4, -0.2) is 51.0 Å². The van der Waals surface area contributed by atoms with E-state index in [1.807, 2.05) is 44.2 Å². The van der Waals surface area contributed by atoms with Crippen LogP contribution in [0.15, 0.2) is 99.0 Å². The van der Waals surface area contributed by atoms with Crippen molar-refractivity contribution >= 4 is 39.0 Å². The number of aliphatic hydroxyl groups excluding tert-OH is 1. The highest BCUT2D eigenvalue weighted by Gasteiger charge is 2.37. The Labute approximate surface area is 335 Å². The van der Waals surface area contributed by atoms with Crippen molar-refractivity contribution in [1.29, 1.82) is 0 Å². The van der Waals surface area contributed by atoms with Crippen LogP contribution in [0.2, 0.25) is 0 Å². The smallest absolute Gasteiger partial charge is 0.416 e. The number of hydrogen-bond donors (Lipinski definition) is 1. The number of ketones is 1. The molecule has 3 aliphatic rings. The van der Waals surface area contributed by atoms with Gasteiger partial charge in [0.2, 0.25) is 0 Å². The Morgan fingerprint density at radius 2 is 1.32 bits per heavy atom. The normalized spacial score (nSPS) is 18.5. The summed E-state index contributed by atoms with van der Waals surface area (Å²) in [6, 6.07) is 18.4. The first-order valence-electron chi connectivity index (χ1n) is 18.7.